The molecule has 4 rings (SSSR count). The molecular weight excluding hydrogens is 168 g/mol. The van der Waals surface area contributed by atoms with Gasteiger partial charge < -0.3 is 0 Å². The van der Waals surface area contributed by atoms with Crippen molar-refractivity contribution in [3.63, 3.8) is 0 Å². The van der Waals surface area contributed by atoms with Gasteiger partial charge in [0.1, 0.15) is 0 Å². The van der Waals surface area contributed by atoms with E-state index in [-0.39, 0.29) is 0 Å². The lowest BCUT2D eigenvalue weighted by Gasteiger charge is -2.71. The van der Waals surface area contributed by atoms with Gasteiger partial charge in [0.2, 0.25) is 0 Å². The second-order valence-electron chi connectivity index (χ2n) is 5.43. The van der Waals surface area contributed by atoms with Gasteiger partial charge in [0.05, 0.1) is 0 Å². The Morgan fingerprint density at radius 2 is 1.71 bits per heavy atom. The molecule has 0 unspecified atom stereocenters. The first-order valence-electron chi connectivity index (χ1n) is 5.84. The summed E-state index contributed by atoms with van der Waals surface area (Å²) in [6.45, 7) is 2.32. The predicted octanol–water partition coefficient (Wildman–Crippen LogP) is 3.91. The fraction of sp³-hybridized carbons (Fsp3) is 0.571. The Labute approximate surface area is 86.3 Å². The summed E-state index contributed by atoms with van der Waals surface area (Å²) in [7, 11) is 0. The van der Waals surface area contributed by atoms with Crippen molar-refractivity contribution >= 4 is 0 Å². The zero-order valence-corrected chi connectivity index (χ0v) is 8.92. The van der Waals surface area contributed by atoms with E-state index in [4.69, 9.17) is 0 Å². The minimum atomic E-state index is 0.621. The van der Waals surface area contributed by atoms with Crippen molar-refractivity contribution < 1.29 is 0 Å². The van der Waals surface area contributed by atoms with E-state index in [1.54, 1.807) is 5.56 Å². The molecule has 0 amide bonds. The molecule has 3 fully saturated rings. The lowest BCUT2D eigenvalue weighted by molar-refractivity contribution is -0.146. The highest BCUT2D eigenvalue weighted by atomic mass is 14.7. The van der Waals surface area contributed by atoms with Gasteiger partial charge >= 0.3 is 0 Å². The van der Waals surface area contributed by atoms with Crippen LogP contribution in [0.5, 0.6) is 0 Å². The summed E-state index contributed by atoms with van der Waals surface area (Å²) in [5.74, 6) is 0. The molecule has 3 saturated carbocycles. The lowest BCUT2D eigenvalue weighted by atomic mass is 9.32. The van der Waals surface area contributed by atoms with Crippen LogP contribution in [0.25, 0.3) is 0 Å². The second-order valence-corrected chi connectivity index (χ2v) is 5.43. The highest BCUT2D eigenvalue weighted by molar-refractivity contribution is 5.38. The summed E-state index contributed by atoms with van der Waals surface area (Å²) < 4.78 is 0. The summed E-state index contributed by atoms with van der Waals surface area (Å²) in [6, 6.07) is 11.1. The molecule has 0 aliphatic heterocycles. The van der Waals surface area contributed by atoms with E-state index < -0.39 is 0 Å². The third-order valence-corrected chi connectivity index (χ3v) is 4.31. The van der Waals surface area contributed by atoms with E-state index in [1.165, 1.54) is 32.1 Å². The van der Waals surface area contributed by atoms with E-state index in [9.17, 15) is 0 Å². The first-order valence-corrected chi connectivity index (χ1v) is 5.84. The largest absolute Gasteiger partial charge is 0.0654 e. The Morgan fingerprint density at radius 1 is 1.07 bits per heavy atom. The summed E-state index contributed by atoms with van der Waals surface area (Å²) >= 11 is 0. The van der Waals surface area contributed by atoms with Crippen molar-refractivity contribution in [3.05, 3.63) is 35.9 Å². The first kappa shape index (κ1) is 8.52. The molecule has 0 spiro atoms. The van der Waals surface area contributed by atoms with Crippen LogP contribution in [0.15, 0.2) is 30.3 Å². The smallest absolute Gasteiger partial charge is 0.00311 e. The predicted molar refractivity (Wildman–Crippen MR) is 59.3 cm³/mol. The normalized spacial score (nSPS) is 38.6. The van der Waals surface area contributed by atoms with Gasteiger partial charge in [-0.25, -0.2) is 0 Å². The SMILES string of the molecule is CCCC12CC(c3ccccc3)(C1)C2. The maximum absolute atomic E-state index is 2.32. The summed E-state index contributed by atoms with van der Waals surface area (Å²) in [4.78, 5) is 0. The molecule has 1 aromatic carbocycles. The molecule has 0 atom stereocenters. The molecule has 0 heterocycles. The third-order valence-electron chi connectivity index (χ3n) is 4.31. The van der Waals surface area contributed by atoms with Crippen LogP contribution in [0.3, 0.4) is 0 Å². The summed E-state index contributed by atoms with van der Waals surface area (Å²) in [5.41, 5.74) is 3.00. The van der Waals surface area contributed by atoms with E-state index in [2.05, 4.69) is 37.3 Å². The Morgan fingerprint density at radius 3 is 2.29 bits per heavy atom. The average molecular weight is 186 g/mol. The van der Waals surface area contributed by atoms with Gasteiger partial charge in [-0.2, -0.15) is 0 Å². The number of hydrogen-bond donors (Lipinski definition) is 0. The summed E-state index contributed by atoms with van der Waals surface area (Å²) in [5, 5.41) is 0. The minimum absolute atomic E-state index is 0.621. The van der Waals surface area contributed by atoms with Gasteiger partial charge in [0.15, 0.2) is 0 Å². The summed E-state index contributed by atoms with van der Waals surface area (Å²) in [6.07, 6.45) is 7.24. The van der Waals surface area contributed by atoms with Crippen molar-refractivity contribution in [3.8, 4) is 0 Å². The van der Waals surface area contributed by atoms with Crippen LogP contribution in [0.4, 0.5) is 0 Å². The molecule has 2 bridgehead atoms. The number of benzene rings is 1. The molecule has 3 aliphatic carbocycles. The van der Waals surface area contributed by atoms with Crippen LogP contribution in [0.2, 0.25) is 0 Å². The second kappa shape index (κ2) is 2.62. The monoisotopic (exact) mass is 186 g/mol. The molecule has 74 valence electrons. The van der Waals surface area contributed by atoms with Crippen LogP contribution in [0.1, 0.15) is 44.6 Å². The lowest BCUT2D eigenvalue weighted by Crippen LogP contribution is -2.64. The third kappa shape index (κ3) is 0.945. The maximum Gasteiger partial charge on any atom is -0.00311 e. The Bertz CT molecular complexity index is 317. The van der Waals surface area contributed by atoms with Crippen molar-refractivity contribution in [2.24, 2.45) is 5.41 Å². The van der Waals surface area contributed by atoms with E-state index in [1.807, 2.05) is 0 Å². The fourth-order valence-corrected chi connectivity index (χ4v) is 3.89. The van der Waals surface area contributed by atoms with E-state index >= 15 is 0 Å². The van der Waals surface area contributed by atoms with Gasteiger partial charge in [-0.3, -0.25) is 0 Å². The van der Waals surface area contributed by atoms with Crippen molar-refractivity contribution in [1.29, 1.82) is 0 Å². The van der Waals surface area contributed by atoms with Crippen LogP contribution >= 0.6 is 0 Å². The molecule has 3 aliphatic rings. The molecule has 0 saturated heterocycles. The van der Waals surface area contributed by atoms with Gasteiger partial charge in [0.25, 0.3) is 0 Å². The minimum Gasteiger partial charge on any atom is -0.0654 e. The van der Waals surface area contributed by atoms with Crippen LogP contribution in [-0.4, -0.2) is 0 Å². The van der Waals surface area contributed by atoms with Crippen molar-refractivity contribution in [1.82, 2.24) is 0 Å². The molecule has 0 aromatic heterocycles. The Kier molecular flexibility index (Phi) is 1.60. The fourth-order valence-electron chi connectivity index (χ4n) is 3.89. The highest BCUT2D eigenvalue weighted by Gasteiger charge is 2.66. The van der Waals surface area contributed by atoms with Crippen molar-refractivity contribution in [2.45, 2.75) is 44.4 Å². The van der Waals surface area contributed by atoms with Crippen LogP contribution < -0.4 is 0 Å². The molecule has 1 aromatic rings. The highest BCUT2D eigenvalue weighted by Crippen LogP contribution is 2.75. The molecule has 0 radical (unpaired) electrons. The van der Waals surface area contributed by atoms with Gasteiger partial charge in [-0.1, -0.05) is 43.7 Å². The van der Waals surface area contributed by atoms with E-state index in [0.29, 0.717) is 5.41 Å². The van der Waals surface area contributed by atoms with Crippen LogP contribution in [-0.2, 0) is 5.41 Å². The maximum atomic E-state index is 2.32. The zero-order valence-electron chi connectivity index (χ0n) is 8.92. The topological polar surface area (TPSA) is 0 Å². The Balaban J connectivity index is 1.75. The standard InChI is InChI=1S/C14H18/c1-2-8-13-9-14(10-13,11-13)12-6-4-3-5-7-12/h3-7H,2,8-11H2,1H3. The average Bonchev–Trinajstić information content (AvgIpc) is 2.10. The number of rotatable bonds is 3. The molecule has 0 N–H and O–H groups in total. The van der Waals surface area contributed by atoms with Crippen LogP contribution in [0, 0.1) is 5.41 Å². The van der Waals surface area contributed by atoms with E-state index in [0.717, 1.165) is 5.41 Å². The Hall–Kier alpha value is -0.780. The number of hydrogen-bond acceptors (Lipinski definition) is 0. The quantitative estimate of drug-likeness (QED) is 0.671. The first-order chi connectivity index (χ1) is 6.79. The molecule has 0 nitrogen and oxygen atoms in total. The zero-order chi connectivity index (χ0) is 9.65. The molecule has 0 heteroatoms. The molecular formula is C14H18. The van der Waals surface area contributed by atoms with Gasteiger partial charge in [-0.05, 0) is 42.1 Å². The molecule has 14 heavy (non-hydrogen) atoms. The van der Waals surface area contributed by atoms with Gasteiger partial charge in [-0.15, -0.1) is 0 Å². The van der Waals surface area contributed by atoms with Crippen molar-refractivity contribution in [2.75, 3.05) is 0 Å². The van der Waals surface area contributed by atoms with Gasteiger partial charge in [0, 0.05) is 0 Å².